The van der Waals surface area contributed by atoms with E-state index >= 15 is 0 Å². The molecule has 0 bridgehead atoms. The first-order valence-corrected chi connectivity index (χ1v) is 19.6. The molecular weight excluding hydrogens is 687 g/mol. The van der Waals surface area contributed by atoms with Crippen LogP contribution in [0.3, 0.4) is 0 Å². The molecule has 0 saturated carbocycles. The molecule has 0 spiro atoms. The third-order valence-corrected chi connectivity index (χ3v) is 11.1. The molecule has 0 N–H and O–H groups in total. The number of hydrogen-bond donors (Lipinski definition) is 0. The first-order chi connectivity index (χ1) is 28.3. The van der Waals surface area contributed by atoms with Crippen LogP contribution < -0.4 is 4.90 Å². The maximum Gasteiger partial charge on any atom is 0.0546 e. The second-order valence-electron chi connectivity index (χ2n) is 14.5. The number of anilines is 3. The van der Waals surface area contributed by atoms with E-state index in [1.165, 1.54) is 77.2 Å². The van der Waals surface area contributed by atoms with E-state index in [9.17, 15) is 0 Å². The van der Waals surface area contributed by atoms with Gasteiger partial charge in [0, 0.05) is 16.9 Å². The number of benzene rings is 10. The second kappa shape index (κ2) is 15.0. The van der Waals surface area contributed by atoms with Gasteiger partial charge < -0.3 is 4.90 Å². The molecule has 0 saturated heterocycles. The van der Waals surface area contributed by atoms with E-state index in [-0.39, 0.29) is 0 Å². The van der Waals surface area contributed by atoms with Gasteiger partial charge in [0.25, 0.3) is 0 Å². The number of rotatable bonds is 8. The summed E-state index contributed by atoms with van der Waals surface area (Å²) in [4.78, 5) is 2.46. The Bertz CT molecular complexity index is 2980. The molecule has 0 aliphatic carbocycles. The lowest BCUT2D eigenvalue weighted by atomic mass is 9.87. The van der Waals surface area contributed by atoms with E-state index in [4.69, 9.17) is 0 Å². The highest BCUT2D eigenvalue weighted by molar-refractivity contribution is 6.09. The molecule has 0 atom stereocenters. The zero-order chi connectivity index (χ0) is 38.0. The molecule has 10 aromatic rings. The van der Waals surface area contributed by atoms with Crippen LogP contribution in [0.15, 0.2) is 237 Å². The zero-order valence-electron chi connectivity index (χ0n) is 31.5. The molecule has 57 heavy (non-hydrogen) atoms. The van der Waals surface area contributed by atoms with Gasteiger partial charge in [0.1, 0.15) is 0 Å². The maximum absolute atomic E-state index is 2.46. The van der Waals surface area contributed by atoms with Crippen LogP contribution in [-0.4, -0.2) is 0 Å². The summed E-state index contributed by atoms with van der Waals surface area (Å²) in [6, 6.07) is 85.8. The van der Waals surface area contributed by atoms with Crippen molar-refractivity contribution in [3.63, 3.8) is 0 Å². The van der Waals surface area contributed by atoms with Gasteiger partial charge in [0.15, 0.2) is 0 Å². The Morgan fingerprint density at radius 2 is 0.702 bits per heavy atom. The minimum absolute atomic E-state index is 1.08. The SMILES string of the molecule is c1ccc(-c2ccc(N(c3ccc(-c4ccccc4)c(-c4ccccc4)c3)c3cccc(-c4cccc5ccccc45)c3-c3cccc4ccccc34)cc2)cc1. The molecule has 1 heteroatoms. The van der Waals surface area contributed by atoms with Crippen LogP contribution in [0.2, 0.25) is 0 Å². The summed E-state index contributed by atoms with van der Waals surface area (Å²) < 4.78 is 0. The lowest BCUT2D eigenvalue weighted by Gasteiger charge is -2.30. The minimum atomic E-state index is 1.08. The summed E-state index contributed by atoms with van der Waals surface area (Å²) in [5, 5.41) is 4.89. The van der Waals surface area contributed by atoms with Crippen molar-refractivity contribution in [1.82, 2.24) is 0 Å². The van der Waals surface area contributed by atoms with Crippen molar-refractivity contribution >= 4 is 38.6 Å². The Kier molecular flexibility index (Phi) is 8.95. The average molecular weight is 726 g/mol. The molecular formula is C56H39N. The summed E-state index contributed by atoms with van der Waals surface area (Å²) in [6.07, 6.45) is 0. The van der Waals surface area contributed by atoms with Gasteiger partial charge in [-0.3, -0.25) is 0 Å². The fourth-order valence-corrected chi connectivity index (χ4v) is 8.40. The van der Waals surface area contributed by atoms with E-state index < -0.39 is 0 Å². The van der Waals surface area contributed by atoms with E-state index in [0.717, 1.165) is 17.1 Å². The monoisotopic (exact) mass is 725 g/mol. The molecule has 0 fully saturated rings. The Balaban J connectivity index is 1.28. The summed E-state index contributed by atoms with van der Waals surface area (Å²) >= 11 is 0. The predicted octanol–water partition coefficient (Wildman–Crippen LogP) is 15.8. The van der Waals surface area contributed by atoms with Crippen LogP contribution in [0, 0.1) is 0 Å². The van der Waals surface area contributed by atoms with E-state index in [0.29, 0.717) is 0 Å². The van der Waals surface area contributed by atoms with E-state index in [1.807, 2.05) is 0 Å². The first kappa shape index (κ1) is 34.0. The molecule has 268 valence electrons. The van der Waals surface area contributed by atoms with E-state index in [2.05, 4.69) is 241 Å². The quantitative estimate of drug-likeness (QED) is 0.151. The van der Waals surface area contributed by atoms with E-state index in [1.54, 1.807) is 0 Å². The van der Waals surface area contributed by atoms with Gasteiger partial charge in [-0.05, 0) is 102 Å². The van der Waals surface area contributed by atoms with Crippen molar-refractivity contribution in [3.8, 4) is 55.6 Å². The van der Waals surface area contributed by atoms with Gasteiger partial charge in [0.2, 0.25) is 0 Å². The molecule has 0 aliphatic heterocycles. The third-order valence-electron chi connectivity index (χ3n) is 11.1. The minimum Gasteiger partial charge on any atom is -0.310 e. The molecule has 0 aliphatic rings. The number of nitrogens with zero attached hydrogens (tertiary/aromatic N) is 1. The zero-order valence-corrected chi connectivity index (χ0v) is 31.5. The summed E-state index contributed by atoms with van der Waals surface area (Å²) in [7, 11) is 0. The van der Waals surface area contributed by atoms with Crippen molar-refractivity contribution in [2.24, 2.45) is 0 Å². The Labute approximate surface area is 334 Å². The predicted molar refractivity (Wildman–Crippen MR) is 243 cm³/mol. The summed E-state index contributed by atoms with van der Waals surface area (Å²) in [5.41, 5.74) is 15.2. The van der Waals surface area contributed by atoms with Crippen LogP contribution in [0.4, 0.5) is 17.1 Å². The van der Waals surface area contributed by atoms with Crippen LogP contribution in [0.25, 0.3) is 77.2 Å². The summed E-state index contributed by atoms with van der Waals surface area (Å²) in [6.45, 7) is 0. The van der Waals surface area contributed by atoms with Crippen molar-refractivity contribution in [3.05, 3.63) is 237 Å². The molecule has 0 heterocycles. The highest BCUT2D eigenvalue weighted by atomic mass is 15.1. The normalized spacial score (nSPS) is 11.2. The van der Waals surface area contributed by atoms with Crippen molar-refractivity contribution in [2.45, 2.75) is 0 Å². The first-order valence-electron chi connectivity index (χ1n) is 19.6. The molecule has 0 radical (unpaired) electrons. The maximum atomic E-state index is 2.46. The van der Waals surface area contributed by atoms with Gasteiger partial charge in [0.05, 0.1) is 5.69 Å². The van der Waals surface area contributed by atoms with Gasteiger partial charge in [-0.1, -0.05) is 206 Å². The molecule has 0 amide bonds. The van der Waals surface area contributed by atoms with Gasteiger partial charge in [-0.2, -0.15) is 0 Å². The molecule has 0 aromatic heterocycles. The van der Waals surface area contributed by atoms with Crippen molar-refractivity contribution in [2.75, 3.05) is 4.90 Å². The Morgan fingerprint density at radius 1 is 0.246 bits per heavy atom. The molecule has 0 unspecified atom stereocenters. The molecule has 10 aromatic carbocycles. The third kappa shape index (κ3) is 6.46. The Hall–Kier alpha value is -7.48. The molecule has 10 rings (SSSR count). The van der Waals surface area contributed by atoms with Crippen LogP contribution >= 0.6 is 0 Å². The molecule has 1 nitrogen and oxygen atoms in total. The smallest absolute Gasteiger partial charge is 0.0546 e. The average Bonchev–Trinajstić information content (AvgIpc) is 3.30. The second-order valence-corrected chi connectivity index (χ2v) is 14.5. The van der Waals surface area contributed by atoms with Gasteiger partial charge in [-0.15, -0.1) is 0 Å². The number of hydrogen-bond acceptors (Lipinski definition) is 1. The highest BCUT2D eigenvalue weighted by Crippen LogP contribution is 2.49. The van der Waals surface area contributed by atoms with Crippen LogP contribution in [0.1, 0.15) is 0 Å². The fourth-order valence-electron chi connectivity index (χ4n) is 8.40. The highest BCUT2D eigenvalue weighted by Gasteiger charge is 2.24. The summed E-state index contributed by atoms with van der Waals surface area (Å²) in [5.74, 6) is 0. The lowest BCUT2D eigenvalue weighted by molar-refractivity contribution is 1.28. The van der Waals surface area contributed by atoms with Gasteiger partial charge in [-0.25, -0.2) is 0 Å². The standard InChI is InChI=1S/C56H39N/c1-4-17-40(18-5-1)41-33-35-46(36-34-41)57(47-37-38-50(42-19-6-2-7-20-42)54(39-47)45-21-8-3-9-22-45)55-32-16-31-53(51-29-14-25-43-23-10-12-27-48(43)51)56(55)52-30-15-26-44-24-11-13-28-49(44)52/h1-39H. The number of fused-ring (bicyclic) bond motifs is 2. The van der Waals surface area contributed by atoms with Crippen molar-refractivity contribution < 1.29 is 0 Å². The Morgan fingerprint density at radius 3 is 1.35 bits per heavy atom. The van der Waals surface area contributed by atoms with Crippen LogP contribution in [0.5, 0.6) is 0 Å². The van der Waals surface area contributed by atoms with Crippen LogP contribution in [-0.2, 0) is 0 Å². The topological polar surface area (TPSA) is 3.24 Å². The lowest BCUT2D eigenvalue weighted by Crippen LogP contribution is -2.12. The fraction of sp³-hybridized carbons (Fsp3) is 0. The van der Waals surface area contributed by atoms with Gasteiger partial charge >= 0.3 is 0 Å². The largest absolute Gasteiger partial charge is 0.310 e. The van der Waals surface area contributed by atoms with Crippen molar-refractivity contribution in [1.29, 1.82) is 0 Å².